The highest BCUT2D eigenvalue weighted by Crippen LogP contribution is 2.25. The molecule has 1 N–H and O–H groups in total. The second-order valence-corrected chi connectivity index (χ2v) is 5.53. The third-order valence-corrected chi connectivity index (χ3v) is 2.75. The maximum atomic E-state index is 12.2. The van der Waals surface area contributed by atoms with Crippen LogP contribution >= 0.6 is 0 Å². The summed E-state index contributed by atoms with van der Waals surface area (Å²) in [6, 6.07) is 9.53. The monoisotopic (exact) mass is 244 g/mol. The molecule has 3 heteroatoms. The molecule has 1 atom stereocenters. The molecule has 0 aromatic heterocycles. The van der Waals surface area contributed by atoms with E-state index in [0.29, 0.717) is 12.0 Å². The highest BCUT2D eigenvalue weighted by molar-refractivity contribution is 5.96. The number of amides is 1. The quantitative estimate of drug-likeness (QED) is 0.888. The van der Waals surface area contributed by atoms with Gasteiger partial charge in [-0.25, -0.2) is 0 Å². The van der Waals surface area contributed by atoms with Gasteiger partial charge in [0, 0.05) is 11.6 Å². The predicted octanol–water partition coefficient (Wildman–Crippen LogP) is 3.02. The Morgan fingerprint density at radius 3 is 2.56 bits per heavy atom. The van der Waals surface area contributed by atoms with Crippen molar-refractivity contribution in [1.82, 2.24) is 5.32 Å². The Kier molecular flexibility index (Phi) is 4.49. The van der Waals surface area contributed by atoms with Crippen molar-refractivity contribution in [3.05, 3.63) is 35.4 Å². The molecule has 0 saturated heterocycles. The van der Waals surface area contributed by atoms with E-state index in [4.69, 9.17) is 5.26 Å². The molecule has 1 aromatic rings. The summed E-state index contributed by atoms with van der Waals surface area (Å²) in [5, 5.41) is 11.5. The lowest BCUT2D eigenvalue weighted by atomic mass is 9.83. The Hall–Kier alpha value is -1.82. The van der Waals surface area contributed by atoms with E-state index < -0.39 is 0 Å². The summed E-state index contributed by atoms with van der Waals surface area (Å²) in [5.74, 6) is -0.108. The Balaban J connectivity index is 2.97. The molecule has 0 bridgehead atoms. The van der Waals surface area contributed by atoms with Gasteiger partial charge in [-0.2, -0.15) is 5.26 Å². The van der Waals surface area contributed by atoms with Crippen molar-refractivity contribution < 1.29 is 4.79 Å². The fourth-order valence-electron chi connectivity index (χ4n) is 1.82. The van der Waals surface area contributed by atoms with E-state index in [1.54, 1.807) is 0 Å². The van der Waals surface area contributed by atoms with Crippen molar-refractivity contribution in [2.24, 2.45) is 0 Å². The number of rotatable bonds is 3. The van der Waals surface area contributed by atoms with Gasteiger partial charge in [0.2, 0.25) is 0 Å². The fourth-order valence-corrected chi connectivity index (χ4v) is 1.82. The van der Waals surface area contributed by atoms with Crippen molar-refractivity contribution in [2.45, 2.75) is 45.6 Å². The van der Waals surface area contributed by atoms with Crippen molar-refractivity contribution >= 4 is 5.91 Å². The normalized spacial score (nSPS) is 12.6. The van der Waals surface area contributed by atoms with E-state index in [2.05, 4.69) is 32.2 Å². The van der Waals surface area contributed by atoms with Gasteiger partial charge in [-0.05, 0) is 24.0 Å². The van der Waals surface area contributed by atoms with Crippen LogP contribution in [-0.4, -0.2) is 11.9 Å². The molecule has 96 valence electrons. The van der Waals surface area contributed by atoms with Gasteiger partial charge in [0.05, 0.1) is 12.5 Å². The molecule has 0 heterocycles. The first-order chi connectivity index (χ1) is 8.36. The molecule has 18 heavy (non-hydrogen) atoms. The van der Waals surface area contributed by atoms with Gasteiger partial charge >= 0.3 is 0 Å². The minimum absolute atomic E-state index is 0.0770. The van der Waals surface area contributed by atoms with Crippen molar-refractivity contribution in [3.8, 4) is 6.07 Å². The minimum atomic E-state index is -0.129. The number of nitrogens with zero attached hydrogens (tertiary/aromatic N) is 1. The summed E-state index contributed by atoms with van der Waals surface area (Å²) in [6.07, 6.45) is 0.323. The molecule has 0 aliphatic heterocycles. The van der Waals surface area contributed by atoms with Crippen molar-refractivity contribution in [2.75, 3.05) is 0 Å². The molecule has 0 aliphatic rings. The zero-order chi connectivity index (χ0) is 13.8. The molecule has 0 radical (unpaired) electrons. The molecule has 0 spiro atoms. The molecule has 0 fully saturated rings. The van der Waals surface area contributed by atoms with E-state index in [0.717, 1.165) is 5.56 Å². The van der Waals surface area contributed by atoms with Gasteiger partial charge < -0.3 is 5.32 Å². The lowest BCUT2D eigenvalue weighted by Crippen LogP contribution is -2.33. The molecule has 0 aliphatic carbocycles. The number of carbonyl (C=O) groups is 1. The van der Waals surface area contributed by atoms with Crippen LogP contribution in [0.2, 0.25) is 0 Å². The average Bonchev–Trinajstić information content (AvgIpc) is 2.28. The Labute approximate surface area is 109 Å². The van der Waals surface area contributed by atoms with E-state index in [9.17, 15) is 4.79 Å². The van der Waals surface area contributed by atoms with Gasteiger partial charge in [-0.3, -0.25) is 4.79 Å². The maximum Gasteiger partial charge on any atom is 0.251 e. The van der Waals surface area contributed by atoms with Crippen LogP contribution < -0.4 is 5.32 Å². The van der Waals surface area contributed by atoms with Crippen LogP contribution in [0.5, 0.6) is 0 Å². The lowest BCUT2D eigenvalue weighted by molar-refractivity contribution is 0.0938. The molecular weight excluding hydrogens is 224 g/mol. The third kappa shape index (κ3) is 3.59. The lowest BCUT2D eigenvalue weighted by Gasteiger charge is -2.23. The summed E-state index contributed by atoms with van der Waals surface area (Å²) in [5.41, 5.74) is 1.63. The van der Waals surface area contributed by atoms with Crippen LogP contribution in [0.25, 0.3) is 0 Å². The van der Waals surface area contributed by atoms with Crippen LogP contribution in [0.4, 0.5) is 0 Å². The highest BCUT2D eigenvalue weighted by atomic mass is 16.1. The highest BCUT2D eigenvalue weighted by Gasteiger charge is 2.21. The van der Waals surface area contributed by atoms with Gasteiger partial charge in [-0.15, -0.1) is 0 Å². The molecule has 1 amide bonds. The van der Waals surface area contributed by atoms with Crippen LogP contribution in [-0.2, 0) is 5.41 Å². The second-order valence-electron chi connectivity index (χ2n) is 5.53. The summed E-state index contributed by atoms with van der Waals surface area (Å²) in [4.78, 5) is 12.2. The van der Waals surface area contributed by atoms with E-state index in [1.807, 2.05) is 31.2 Å². The topological polar surface area (TPSA) is 52.9 Å². The maximum absolute atomic E-state index is 12.2. The molecule has 0 saturated carbocycles. The Bertz CT molecular complexity index is 466. The van der Waals surface area contributed by atoms with Gasteiger partial charge in [0.1, 0.15) is 0 Å². The molecular formula is C15H20N2O. The zero-order valence-corrected chi connectivity index (χ0v) is 11.4. The standard InChI is InChI=1S/C15H20N2O/c1-11(9-10-16)17-14(18)12-7-5-6-8-13(12)15(2,3)4/h5-8,11H,9H2,1-4H3,(H,17,18). The molecule has 3 nitrogen and oxygen atoms in total. The zero-order valence-electron chi connectivity index (χ0n) is 11.4. The summed E-state index contributed by atoms with van der Waals surface area (Å²) in [6.45, 7) is 8.08. The number of hydrogen-bond donors (Lipinski definition) is 1. The minimum Gasteiger partial charge on any atom is -0.349 e. The van der Waals surface area contributed by atoms with E-state index in [-0.39, 0.29) is 17.4 Å². The van der Waals surface area contributed by atoms with Crippen molar-refractivity contribution in [1.29, 1.82) is 5.26 Å². The summed E-state index contributed by atoms with van der Waals surface area (Å²) < 4.78 is 0. The summed E-state index contributed by atoms with van der Waals surface area (Å²) in [7, 11) is 0. The number of hydrogen-bond acceptors (Lipinski definition) is 2. The number of nitrogens with one attached hydrogen (secondary N) is 1. The SMILES string of the molecule is CC(CC#N)NC(=O)c1ccccc1C(C)(C)C. The second kappa shape index (κ2) is 5.68. The van der Waals surface area contributed by atoms with Crippen LogP contribution in [0.3, 0.4) is 0 Å². The first-order valence-electron chi connectivity index (χ1n) is 6.13. The Morgan fingerprint density at radius 1 is 1.39 bits per heavy atom. The first-order valence-corrected chi connectivity index (χ1v) is 6.13. The van der Waals surface area contributed by atoms with Crippen molar-refractivity contribution in [3.63, 3.8) is 0 Å². The van der Waals surface area contributed by atoms with Gasteiger partial charge in [-0.1, -0.05) is 39.0 Å². The van der Waals surface area contributed by atoms with Gasteiger partial charge in [0.25, 0.3) is 5.91 Å². The largest absolute Gasteiger partial charge is 0.349 e. The summed E-state index contributed by atoms with van der Waals surface area (Å²) >= 11 is 0. The fraction of sp³-hybridized carbons (Fsp3) is 0.467. The number of benzene rings is 1. The molecule has 1 rings (SSSR count). The Morgan fingerprint density at radius 2 is 2.00 bits per heavy atom. The van der Waals surface area contributed by atoms with Crippen LogP contribution in [0, 0.1) is 11.3 Å². The third-order valence-electron chi connectivity index (χ3n) is 2.75. The first kappa shape index (κ1) is 14.2. The molecule has 1 unspecified atom stereocenters. The number of nitriles is 1. The molecule has 1 aromatic carbocycles. The van der Waals surface area contributed by atoms with E-state index >= 15 is 0 Å². The van der Waals surface area contributed by atoms with Crippen LogP contribution in [0.15, 0.2) is 24.3 Å². The van der Waals surface area contributed by atoms with Crippen LogP contribution in [0.1, 0.15) is 50.0 Å². The average molecular weight is 244 g/mol. The predicted molar refractivity (Wildman–Crippen MR) is 72.3 cm³/mol. The number of carbonyl (C=O) groups excluding carboxylic acids is 1. The smallest absolute Gasteiger partial charge is 0.251 e. The van der Waals surface area contributed by atoms with E-state index in [1.165, 1.54) is 0 Å². The van der Waals surface area contributed by atoms with Gasteiger partial charge in [0.15, 0.2) is 0 Å².